The third kappa shape index (κ3) is 3.81. The van der Waals surface area contributed by atoms with Gasteiger partial charge in [0.2, 0.25) is 11.8 Å². The highest BCUT2D eigenvalue weighted by molar-refractivity contribution is 5.98. The summed E-state index contributed by atoms with van der Waals surface area (Å²) < 4.78 is 11.0. The molecule has 2 N–H and O–H groups in total. The van der Waals surface area contributed by atoms with Crippen LogP contribution in [-0.2, 0) is 9.59 Å². The van der Waals surface area contributed by atoms with Crippen LogP contribution in [0.3, 0.4) is 0 Å². The fourth-order valence-electron chi connectivity index (χ4n) is 3.61. The van der Waals surface area contributed by atoms with Gasteiger partial charge in [0.05, 0.1) is 19.9 Å². The van der Waals surface area contributed by atoms with Gasteiger partial charge in [0.1, 0.15) is 11.5 Å². The molecule has 1 aliphatic rings. The van der Waals surface area contributed by atoms with Gasteiger partial charge in [-0.3, -0.25) is 9.59 Å². The molecule has 0 fully saturated rings. The third-order valence-electron chi connectivity index (χ3n) is 5.02. The van der Waals surface area contributed by atoms with E-state index in [1.165, 1.54) is 19.6 Å². The van der Waals surface area contributed by atoms with E-state index in [-0.39, 0.29) is 17.7 Å². The number of hydrogen-bond acceptors (Lipinski definition) is 4. The fourth-order valence-corrected chi connectivity index (χ4v) is 3.61. The summed E-state index contributed by atoms with van der Waals surface area (Å²) in [5, 5.41) is 5.73. The molecule has 0 unspecified atom stereocenters. The van der Waals surface area contributed by atoms with Crippen molar-refractivity contribution < 1.29 is 19.1 Å². The minimum absolute atomic E-state index is 0.0659. The predicted molar refractivity (Wildman–Crippen MR) is 109 cm³/mol. The first-order valence-corrected chi connectivity index (χ1v) is 9.31. The molecule has 2 amide bonds. The Hall–Kier alpha value is -3.02. The molecule has 0 radical (unpaired) electrons. The number of carbonyl (C=O) groups excluding carboxylic acids is 2. The van der Waals surface area contributed by atoms with E-state index in [0.717, 1.165) is 16.9 Å². The summed E-state index contributed by atoms with van der Waals surface area (Å²) in [7, 11) is 3.17. The molecule has 0 saturated heterocycles. The maximum absolute atomic E-state index is 12.4. The zero-order valence-electron chi connectivity index (χ0n) is 16.9. The molecule has 28 heavy (non-hydrogen) atoms. The zero-order chi connectivity index (χ0) is 20.4. The van der Waals surface area contributed by atoms with E-state index >= 15 is 0 Å². The van der Waals surface area contributed by atoms with Crippen molar-refractivity contribution in [1.29, 1.82) is 0 Å². The van der Waals surface area contributed by atoms with E-state index in [9.17, 15) is 9.59 Å². The predicted octanol–water partition coefficient (Wildman–Crippen LogP) is 4.26. The molecule has 0 aliphatic carbocycles. The Morgan fingerprint density at radius 3 is 2.43 bits per heavy atom. The summed E-state index contributed by atoms with van der Waals surface area (Å²) in [5.41, 5.74) is 4.32. The first kappa shape index (κ1) is 19.7. The average molecular weight is 382 g/mol. The van der Waals surface area contributed by atoms with Gasteiger partial charge in [0.25, 0.3) is 0 Å². The van der Waals surface area contributed by atoms with Crippen molar-refractivity contribution in [2.75, 3.05) is 24.9 Å². The van der Waals surface area contributed by atoms with E-state index in [2.05, 4.69) is 30.5 Å². The lowest BCUT2D eigenvalue weighted by Gasteiger charge is -2.29. The number of fused-ring (bicyclic) bond motifs is 1. The van der Waals surface area contributed by atoms with Gasteiger partial charge in [-0.2, -0.15) is 0 Å². The molecule has 0 saturated carbocycles. The van der Waals surface area contributed by atoms with Gasteiger partial charge in [-0.25, -0.2) is 0 Å². The number of nitrogens with one attached hydrogen (secondary N) is 2. The van der Waals surface area contributed by atoms with Crippen molar-refractivity contribution in [2.45, 2.75) is 39.0 Å². The standard InChI is InChI=1S/C22H26N2O4/c1-12(2)14-6-7-20(27-4)17(8-14)15-10-22(26)24-18-11-21(28-5)19(9-16(15)18)23-13(3)25/h6-9,11-12,15H,10H2,1-5H3,(H,23,25)(H,24,26)/t15-/m0/s1. The zero-order valence-corrected chi connectivity index (χ0v) is 16.9. The van der Waals surface area contributed by atoms with Gasteiger partial charge in [-0.1, -0.05) is 26.0 Å². The molecule has 6 heteroatoms. The molecule has 2 aromatic carbocycles. The summed E-state index contributed by atoms with van der Waals surface area (Å²) in [5.74, 6) is 1.16. The number of amides is 2. The lowest BCUT2D eigenvalue weighted by molar-refractivity contribution is -0.117. The maximum atomic E-state index is 12.4. The highest BCUT2D eigenvalue weighted by atomic mass is 16.5. The number of rotatable bonds is 5. The lowest BCUT2D eigenvalue weighted by Crippen LogP contribution is -2.24. The van der Waals surface area contributed by atoms with Gasteiger partial charge >= 0.3 is 0 Å². The van der Waals surface area contributed by atoms with Crippen LogP contribution in [0.5, 0.6) is 11.5 Å². The van der Waals surface area contributed by atoms with Crippen LogP contribution in [0.2, 0.25) is 0 Å². The molecule has 148 valence electrons. The molecule has 0 aromatic heterocycles. The van der Waals surface area contributed by atoms with Crippen LogP contribution in [-0.4, -0.2) is 26.0 Å². The van der Waals surface area contributed by atoms with Crippen LogP contribution >= 0.6 is 0 Å². The van der Waals surface area contributed by atoms with Gasteiger partial charge < -0.3 is 20.1 Å². The number of benzene rings is 2. The summed E-state index contributed by atoms with van der Waals surface area (Å²) in [4.78, 5) is 24.0. The molecule has 3 rings (SSSR count). The Balaban J connectivity index is 2.18. The highest BCUT2D eigenvalue weighted by Crippen LogP contribution is 2.45. The highest BCUT2D eigenvalue weighted by Gasteiger charge is 2.30. The van der Waals surface area contributed by atoms with Crippen LogP contribution in [0, 0.1) is 0 Å². The number of methoxy groups -OCH3 is 2. The summed E-state index contributed by atoms with van der Waals surface area (Å²) in [6, 6.07) is 9.74. The van der Waals surface area contributed by atoms with Crippen molar-refractivity contribution >= 4 is 23.2 Å². The van der Waals surface area contributed by atoms with Crippen LogP contribution < -0.4 is 20.1 Å². The number of carbonyl (C=O) groups is 2. The number of hydrogen-bond donors (Lipinski definition) is 2. The van der Waals surface area contributed by atoms with Crippen molar-refractivity contribution in [2.24, 2.45) is 0 Å². The second-order valence-electron chi connectivity index (χ2n) is 7.28. The summed E-state index contributed by atoms with van der Waals surface area (Å²) in [6.07, 6.45) is 0.302. The van der Waals surface area contributed by atoms with Crippen LogP contribution in [0.1, 0.15) is 55.7 Å². The number of ether oxygens (including phenoxy) is 2. The monoisotopic (exact) mass is 382 g/mol. The van der Waals surface area contributed by atoms with Crippen molar-refractivity contribution in [3.63, 3.8) is 0 Å². The average Bonchev–Trinajstić information content (AvgIpc) is 2.66. The van der Waals surface area contributed by atoms with Gasteiger partial charge in [-0.05, 0) is 29.2 Å². The van der Waals surface area contributed by atoms with Gasteiger partial charge in [-0.15, -0.1) is 0 Å². The topological polar surface area (TPSA) is 76.7 Å². The van der Waals surface area contributed by atoms with Crippen LogP contribution in [0.4, 0.5) is 11.4 Å². The normalized spacial score (nSPS) is 15.6. The summed E-state index contributed by atoms with van der Waals surface area (Å²) in [6.45, 7) is 5.72. The molecule has 1 atom stereocenters. The smallest absolute Gasteiger partial charge is 0.225 e. The summed E-state index contributed by atoms with van der Waals surface area (Å²) >= 11 is 0. The molecule has 0 spiro atoms. The Morgan fingerprint density at radius 2 is 1.82 bits per heavy atom. The van der Waals surface area contributed by atoms with Crippen LogP contribution in [0.15, 0.2) is 30.3 Å². The van der Waals surface area contributed by atoms with E-state index in [1.807, 2.05) is 18.2 Å². The van der Waals surface area contributed by atoms with Gasteiger partial charge in [0.15, 0.2) is 0 Å². The van der Waals surface area contributed by atoms with Crippen LogP contribution in [0.25, 0.3) is 0 Å². The quantitative estimate of drug-likeness (QED) is 0.810. The second kappa shape index (κ2) is 7.92. The SMILES string of the molecule is COc1cc2c(cc1NC(C)=O)[C@@H](c1cc(C(C)C)ccc1OC)CC(=O)N2. The first-order chi connectivity index (χ1) is 13.3. The third-order valence-corrected chi connectivity index (χ3v) is 5.02. The molecule has 2 aromatic rings. The maximum Gasteiger partial charge on any atom is 0.225 e. The Morgan fingerprint density at radius 1 is 1.11 bits per heavy atom. The minimum atomic E-state index is -0.186. The largest absolute Gasteiger partial charge is 0.496 e. The van der Waals surface area contributed by atoms with Crippen molar-refractivity contribution in [3.8, 4) is 11.5 Å². The minimum Gasteiger partial charge on any atom is -0.496 e. The first-order valence-electron chi connectivity index (χ1n) is 9.31. The molecule has 1 heterocycles. The Labute approximate surface area is 165 Å². The number of anilines is 2. The fraction of sp³-hybridized carbons (Fsp3) is 0.364. The molecule has 1 aliphatic heterocycles. The lowest BCUT2D eigenvalue weighted by atomic mass is 9.82. The van der Waals surface area contributed by atoms with Crippen molar-refractivity contribution in [1.82, 2.24) is 0 Å². The molecule has 0 bridgehead atoms. The van der Waals surface area contributed by atoms with Crippen molar-refractivity contribution in [3.05, 3.63) is 47.0 Å². The second-order valence-corrected chi connectivity index (χ2v) is 7.28. The Bertz CT molecular complexity index is 921. The van der Waals surface area contributed by atoms with Gasteiger partial charge in [0, 0.05) is 36.6 Å². The van der Waals surface area contributed by atoms with E-state index in [0.29, 0.717) is 29.5 Å². The van der Waals surface area contributed by atoms with E-state index in [1.54, 1.807) is 13.2 Å². The van der Waals surface area contributed by atoms with E-state index in [4.69, 9.17) is 9.47 Å². The molecule has 6 nitrogen and oxygen atoms in total. The van der Waals surface area contributed by atoms with E-state index < -0.39 is 0 Å². The molecular weight excluding hydrogens is 356 g/mol. The Kier molecular flexibility index (Phi) is 5.58. The molecular formula is C22H26N2O4.